The van der Waals surface area contributed by atoms with E-state index in [-0.39, 0.29) is 60.0 Å². The van der Waals surface area contributed by atoms with Gasteiger partial charge in [-0.1, -0.05) is 18.1 Å². The summed E-state index contributed by atoms with van der Waals surface area (Å²) in [6, 6.07) is 2.83. The number of likely N-dealkylation sites (tertiary alicyclic amines) is 1. The van der Waals surface area contributed by atoms with Gasteiger partial charge in [-0.25, -0.2) is 0 Å². The quantitative estimate of drug-likeness (QED) is 0.199. The summed E-state index contributed by atoms with van der Waals surface area (Å²) in [5, 5.41) is 19.2. The van der Waals surface area contributed by atoms with Crippen LogP contribution in [-0.2, 0) is 24.0 Å². The standard InChI is InChI=1S/C31H33NO9/c1-15-11-21(34)26-20(29(15)37)14-19-17(27(26)28-22(40-2)12-16(33)13-23(28)41-3)8-9-18-25(19)31(39)32(30(18)38)10-6-4-5-7-24(35)36/h8,11-13,18-19,25,27,33H,4-7,9-10,14H2,1-3H3,(H,35,36)/t18-,19+,25-,27-/m0/s1. The summed E-state index contributed by atoms with van der Waals surface area (Å²) in [5.41, 5.74) is 2.17. The number of methoxy groups -OCH3 is 2. The van der Waals surface area contributed by atoms with Gasteiger partial charge < -0.3 is 19.7 Å². The third-order valence-electron chi connectivity index (χ3n) is 8.74. The number of carboxylic acids is 1. The highest BCUT2D eigenvalue weighted by atomic mass is 16.5. The number of unbranched alkanes of at least 4 members (excludes halogenated alkanes) is 2. The number of allylic oxidation sites excluding steroid dienone is 6. The second-order valence-corrected chi connectivity index (χ2v) is 11.0. The minimum atomic E-state index is -0.883. The van der Waals surface area contributed by atoms with Gasteiger partial charge in [-0.3, -0.25) is 28.9 Å². The molecule has 4 aliphatic rings. The number of phenolic OH excluding ortho intramolecular Hbond substituents is 1. The van der Waals surface area contributed by atoms with E-state index >= 15 is 0 Å². The van der Waals surface area contributed by atoms with Crippen LogP contribution in [0, 0.1) is 17.8 Å². The number of carbonyl (C=O) groups is 5. The molecular formula is C31H33NO9. The Morgan fingerprint density at radius 3 is 2.32 bits per heavy atom. The van der Waals surface area contributed by atoms with Gasteiger partial charge in [-0.2, -0.15) is 0 Å². The SMILES string of the molecule is COc1cc(O)cc(OC)c1[C@H]1C2=CC[C@@H]3C(=O)N(CCCCCC(=O)O)C(=O)[C@@H]3[C@@H]2CC2=C1C(=O)C=C(C)C2=O. The second-order valence-electron chi connectivity index (χ2n) is 11.0. The lowest BCUT2D eigenvalue weighted by molar-refractivity contribution is -0.141. The number of fused-ring (bicyclic) bond motifs is 3. The number of carbonyl (C=O) groups excluding carboxylic acids is 4. The number of rotatable bonds is 9. The van der Waals surface area contributed by atoms with Crippen LogP contribution < -0.4 is 9.47 Å². The van der Waals surface area contributed by atoms with E-state index in [1.807, 2.05) is 6.08 Å². The van der Waals surface area contributed by atoms with Crippen LogP contribution in [0.2, 0.25) is 0 Å². The van der Waals surface area contributed by atoms with Crippen molar-refractivity contribution in [1.82, 2.24) is 4.90 Å². The number of imide groups is 1. The topological polar surface area (TPSA) is 148 Å². The molecule has 4 atom stereocenters. The van der Waals surface area contributed by atoms with Gasteiger partial charge in [0.15, 0.2) is 11.6 Å². The fourth-order valence-corrected chi connectivity index (χ4v) is 6.93. The molecule has 1 fully saturated rings. The van der Waals surface area contributed by atoms with Gasteiger partial charge in [-0.05, 0) is 44.6 Å². The highest BCUT2D eigenvalue weighted by Crippen LogP contribution is 2.57. The molecule has 1 aliphatic heterocycles. The maximum absolute atomic E-state index is 13.8. The molecule has 1 aromatic carbocycles. The van der Waals surface area contributed by atoms with Crippen molar-refractivity contribution in [3.05, 3.63) is 52.1 Å². The lowest BCUT2D eigenvalue weighted by Crippen LogP contribution is -2.40. The number of carboxylic acid groups (broad SMARTS) is 1. The number of aliphatic carboxylic acids is 1. The van der Waals surface area contributed by atoms with Crippen molar-refractivity contribution in [3.63, 3.8) is 0 Å². The van der Waals surface area contributed by atoms with Crippen molar-refractivity contribution in [2.45, 2.75) is 51.4 Å². The number of hydrogen-bond donors (Lipinski definition) is 2. The summed E-state index contributed by atoms with van der Waals surface area (Å²) >= 11 is 0. The van der Waals surface area contributed by atoms with Crippen LogP contribution in [0.15, 0.2) is 46.6 Å². The third-order valence-corrected chi connectivity index (χ3v) is 8.74. The normalized spacial score (nSPS) is 25.4. The maximum atomic E-state index is 13.8. The number of amides is 2. The first-order chi connectivity index (χ1) is 19.6. The fourth-order valence-electron chi connectivity index (χ4n) is 6.93. The molecule has 216 valence electrons. The number of benzene rings is 1. The molecular weight excluding hydrogens is 530 g/mol. The van der Waals surface area contributed by atoms with Crippen LogP contribution >= 0.6 is 0 Å². The molecule has 1 aromatic rings. The summed E-state index contributed by atoms with van der Waals surface area (Å²) in [4.78, 5) is 66.3. The lowest BCUT2D eigenvalue weighted by atomic mass is 9.59. The molecule has 2 amide bonds. The fraction of sp³-hybridized carbons (Fsp3) is 0.452. The van der Waals surface area contributed by atoms with Crippen LogP contribution in [-0.4, -0.2) is 65.2 Å². The monoisotopic (exact) mass is 563 g/mol. The van der Waals surface area contributed by atoms with E-state index in [1.54, 1.807) is 6.92 Å². The van der Waals surface area contributed by atoms with Crippen molar-refractivity contribution in [1.29, 1.82) is 0 Å². The molecule has 0 aromatic heterocycles. The molecule has 10 nitrogen and oxygen atoms in total. The Labute approximate surface area is 237 Å². The van der Waals surface area contributed by atoms with Crippen LogP contribution in [0.5, 0.6) is 17.2 Å². The summed E-state index contributed by atoms with van der Waals surface area (Å²) < 4.78 is 11.2. The Balaban J connectivity index is 1.57. The molecule has 3 aliphatic carbocycles. The van der Waals surface area contributed by atoms with E-state index in [0.29, 0.717) is 48.0 Å². The van der Waals surface area contributed by atoms with Gasteiger partial charge in [0.2, 0.25) is 11.8 Å². The number of Topliss-reactive ketones (excluding diaryl/α,β-unsaturated/α-hetero) is 1. The predicted molar refractivity (Wildman–Crippen MR) is 145 cm³/mol. The summed E-state index contributed by atoms with van der Waals surface area (Å²) in [6.45, 7) is 1.80. The zero-order chi connectivity index (χ0) is 29.6. The van der Waals surface area contributed by atoms with Gasteiger partial charge in [-0.15, -0.1) is 0 Å². The summed E-state index contributed by atoms with van der Waals surface area (Å²) in [7, 11) is 2.87. The zero-order valence-electron chi connectivity index (χ0n) is 23.3. The third kappa shape index (κ3) is 4.75. The van der Waals surface area contributed by atoms with Crippen molar-refractivity contribution in [2.75, 3.05) is 20.8 Å². The molecule has 0 unspecified atom stereocenters. The maximum Gasteiger partial charge on any atom is 0.303 e. The first-order valence-electron chi connectivity index (χ1n) is 13.8. The van der Waals surface area contributed by atoms with Gasteiger partial charge in [0.05, 0.1) is 26.1 Å². The molecule has 1 saturated heterocycles. The first-order valence-corrected chi connectivity index (χ1v) is 13.8. The van der Waals surface area contributed by atoms with Gasteiger partial charge in [0.25, 0.3) is 0 Å². The second kappa shape index (κ2) is 11.0. The number of phenols is 1. The minimum Gasteiger partial charge on any atom is -0.508 e. The molecule has 0 bridgehead atoms. The van der Waals surface area contributed by atoms with Gasteiger partial charge >= 0.3 is 5.97 Å². The largest absolute Gasteiger partial charge is 0.508 e. The Bertz CT molecular complexity index is 1420. The van der Waals surface area contributed by atoms with Crippen LogP contribution in [0.1, 0.15) is 56.9 Å². The number of ketones is 2. The van der Waals surface area contributed by atoms with Crippen LogP contribution in [0.4, 0.5) is 0 Å². The van der Waals surface area contributed by atoms with E-state index in [1.165, 1.54) is 37.3 Å². The molecule has 10 heteroatoms. The lowest BCUT2D eigenvalue weighted by Gasteiger charge is -2.42. The van der Waals surface area contributed by atoms with Crippen LogP contribution in [0.3, 0.4) is 0 Å². The molecule has 1 heterocycles. The number of ether oxygens (including phenoxy) is 2. The summed E-state index contributed by atoms with van der Waals surface area (Å²) in [5.74, 6) is -4.13. The number of hydrogen-bond acceptors (Lipinski definition) is 8. The number of nitrogens with zero attached hydrogens (tertiary/aromatic N) is 1. The van der Waals surface area contributed by atoms with E-state index in [2.05, 4.69) is 0 Å². The summed E-state index contributed by atoms with van der Waals surface area (Å²) in [6.07, 6.45) is 5.28. The Morgan fingerprint density at radius 1 is 1.00 bits per heavy atom. The Kier molecular flexibility index (Phi) is 7.59. The average molecular weight is 564 g/mol. The minimum absolute atomic E-state index is 0.0339. The molecule has 0 spiro atoms. The predicted octanol–water partition coefficient (Wildman–Crippen LogP) is 3.48. The molecule has 0 radical (unpaired) electrons. The first kappa shape index (κ1) is 28.3. The molecule has 5 rings (SSSR count). The van der Waals surface area contributed by atoms with Crippen molar-refractivity contribution >= 4 is 29.4 Å². The van der Waals surface area contributed by atoms with Crippen molar-refractivity contribution < 1.29 is 43.7 Å². The number of aromatic hydroxyl groups is 1. The molecule has 0 saturated carbocycles. The zero-order valence-corrected chi connectivity index (χ0v) is 23.3. The van der Waals surface area contributed by atoms with Crippen LogP contribution in [0.25, 0.3) is 0 Å². The Hall–Kier alpha value is -4.21. The average Bonchev–Trinajstić information content (AvgIpc) is 3.18. The van der Waals surface area contributed by atoms with E-state index in [4.69, 9.17) is 14.6 Å². The highest BCUT2D eigenvalue weighted by molar-refractivity contribution is 6.23. The molecule has 41 heavy (non-hydrogen) atoms. The molecule has 2 N–H and O–H groups in total. The van der Waals surface area contributed by atoms with Gasteiger partial charge in [0.1, 0.15) is 17.2 Å². The van der Waals surface area contributed by atoms with E-state index < -0.39 is 29.6 Å². The van der Waals surface area contributed by atoms with Crippen molar-refractivity contribution in [2.24, 2.45) is 17.8 Å². The van der Waals surface area contributed by atoms with E-state index in [0.717, 1.165) is 5.57 Å². The van der Waals surface area contributed by atoms with E-state index in [9.17, 15) is 29.1 Å². The van der Waals surface area contributed by atoms with Gasteiger partial charge in [0, 0.05) is 53.3 Å². The highest BCUT2D eigenvalue weighted by Gasteiger charge is 2.56. The smallest absolute Gasteiger partial charge is 0.303 e. The van der Waals surface area contributed by atoms with Crippen molar-refractivity contribution in [3.8, 4) is 17.2 Å². The Morgan fingerprint density at radius 2 is 1.68 bits per heavy atom.